The molecular formula is C21H24N2O4. The van der Waals surface area contributed by atoms with Crippen LogP contribution in [0.2, 0.25) is 0 Å². The van der Waals surface area contributed by atoms with E-state index < -0.39 is 0 Å². The van der Waals surface area contributed by atoms with Crippen molar-refractivity contribution in [2.24, 2.45) is 0 Å². The van der Waals surface area contributed by atoms with Crippen LogP contribution in [0.15, 0.2) is 54.6 Å². The molecule has 1 heterocycles. The van der Waals surface area contributed by atoms with Crippen molar-refractivity contribution >= 4 is 17.7 Å². The number of hydrogen-bond donors (Lipinski definition) is 0. The molecule has 27 heavy (non-hydrogen) atoms. The highest BCUT2D eigenvalue weighted by Crippen LogP contribution is 2.19. The highest BCUT2D eigenvalue weighted by Gasteiger charge is 2.23. The third-order valence-corrected chi connectivity index (χ3v) is 4.47. The zero-order chi connectivity index (χ0) is 19.1. The molecule has 0 unspecified atom stereocenters. The lowest BCUT2D eigenvalue weighted by molar-refractivity contribution is 0.0526. The van der Waals surface area contributed by atoms with E-state index in [2.05, 4.69) is 4.90 Å². The summed E-state index contributed by atoms with van der Waals surface area (Å²) in [5.74, 6) is -0.317. The molecule has 2 aromatic rings. The molecule has 1 aliphatic heterocycles. The fourth-order valence-electron chi connectivity index (χ4n) is 3.00. The van der Waals surface area contributed by atoms with Gasteiger partial charge < -0.3 is 19.3 Å². The SMILES string of the molecule is CCOC(=O)c1cccc(N2CCN(C(=O)OCc3ccccc3)CC2)c1. The van der Waals surface area contributed by atoms with Crippen LogP contribution in [0.4, 0.5) is 10.5 Å². The third kappa shape index (κ3) is 5.00. The maximum absolute atomic E-state index is 12.3. The fourth-order valence-corrected chi connectivity index (χ4v) is 3.00. The van der Waals surface area contributed by atoms with Crippen LogP contribution in [-0.2, 0) is 16.1 Å². The van der Waals surface area contributed by atoms with Gasteiger partial charge >= 0.3 is 12.1 Å². The van der Waals surface area contributed by atoms with Gasteiger partial charge in [0.05, 0.1) is 12.2 Å². The van der Waals surface area contributed by atoms with E-state index in [1.165, 1.54) is 0 Å². The normalized spacial score (nSPS) is 14.0. The largest absolute Gasteiger partial charge is 0.462 e. The zero-order valence-electron chi connectivity index (χ0n) is 15.5. The molecule has 3 rings (SSSR count). The maximum Gasteiger partial charge on any atom is 0.410 e. The number of anilines is 1. The molecule has 0 radical (unpaired) electrons. The van der Waals surface area contributed by atoms with E-state index in [1.54, 1.807) is 17.9 Å². The number of amides is 1. The number of piperazine rings is 1. The topological polar surface area (TPSA) is 59.1 Å². The summed E-state index contributed by atoms with van der Waals surface area (Å²) in [5, 5.41) is 0. The Hall–Kier alpha value is -3.02. The van der Waals surface area contributed by atoms with Gasteiger partial charge in [-0.05, 0) is 30.7 Å². The predicted molar refractivity (Wildman–Crippen MR) is 103 cm³/mol. The minimum absolute atomic E-state index is 0.279. The molecule has 0 aromatic heterocycles. The Morgan fingerprint density at radius 3 is 2.37 bits per heavy atom. The monoisotopic (exact) mass is 368 g/mol. The molecule has 0 spiro atoms. The van der Waals surface area contributed by atoms with Crippen molar-refractivity contribution in [2.45, 2.75) is 13.5 Å². The van der Waals surface area contributed by atoms with Gasteiger partial charge in [0.15, 0.2) is 0 Å². The second kappa shape index (κ2) is 9.07. The van der Waals surface area contributed by atoms with Gasteiger partial charge in [0.1, 0.15) is 6.61 Å². The number of esters is 1. The third-order valence-electron chi connectivity index (χ3n) is 4.47. The lowest BCUT2D eigenvalue weighted by Gasteiger charge is -2.35. The predicted octanol–water partition coefficient (Wildman–Crippen LogP) is 3.32. The van der Waals surface area contributed by atoms with Crippen LogP contribution in [0.5, 0.6) is 0 Å². The van der Waals surface area contributed by atoms with Gasteiger partial charge in [-0.25, -0.2) is 9.59 Å². The quantitative estimate of drug-likeness (QED) is 0.758. The van der Waals surface area contributed by atoms with Gasteiger partial charge in [-0.3, -0.25) is 0 Å². The van der Waals surface area contributed by atoms with Gasteiger partial charge in [0, 0.05) is 31.9 Å². The number of nitrogens with zero attached hydrogens (tertiary/aromatic N) is 2. The summed E-state index contributed by atoms with van der Waals surface area (Å²) >= 11 is 0. The summed E-state index contributed by atoms with van der Waals surface area (Å²) in [6.07, 6.45) is -0.293. The Bertz CT molecular complexity index is 771. The van der Waals surface area contributed by atoms with Crippen molar-refractivity contribution in [3.63, 3.8) is 0 Å². The highest BCUT2D eigenvalue weighted by atomic mass is 16.6. The summed E-state index contributed by atoms with van der Waals surface area (Å²) in [5.41, 5.74) is 2.47. The molecule has 6 nitrogen and oxygen atoms in total. The first-order chi connectivity index (χ1) is 13.2. The highest BCUT2D eigenvalue weighted by molar-refractivity contribution is 5.90. The average Bonchev–Trinajstić information content (AvgIpc) is 2.73. The van der Waals surface area contributed by atoms with E-state index in [1.807, 2.05) is 48.5 Å². The van der Waals surface area contributed by atoms with Crippen LogP contribution in [0.1, 0.15) is 22.8 Å². The first kappa shape index (κ1) is 18.8. The first-order valence-electron chi connectivity index (χ1n) is 9.15. The second-order valence-corrected chi connectivity index (χ2v) is 6.29. The molecule has 1 fully saturated rings. The van der Waals surface area contributed by atoms with E-state index in [0.717, 1.165) is 11.3 Å². The molecule has 0 atom stereocenters. The molecule has 142 valence electrons. The van der Waals surface area contributed by atoms with E-state index in [4.69, 9.17) is 9.47 Å². The Morgan fingerprint density at radius 1 is 0.926 bits per heavy atom. The molecule has 0 saturated carbocycles. The summed E-state index contributed by atoms with van der Waals surface area (Å²) in [4.78, 5) is 28.0. The maximum atomic E-state index is 12.3. The molecule has 2 aromatic carbocycles. The van der Waals surface area contributed by atoms with Crippen LogP contribution in [0, 0.1) is 0 Å². The lowest BCUT2D eigenvalue weighted by Crippen LogP contribution is -2.49. The lowest BCUT2D eigenvalue weighted by atomic mass is 10.1. The smallest absolute Gasteiger partial charge is 0.410 e. The van der Waals surface area contributed by atoms with Gasteiger partial charge in [-0.1, -0.05) is 36.4 Å². The van der Waals surface area contributed by atoms with Crippen LogP contribution in [0.25, 0.3) is 0 Å². The van der Waals surface area contributed by atoms with Gasteiger partial charge in [-0.2, -0.15) is 0 Å². The summed E-state index contributed by atoms with van der Waals surface area (Å²) in [6.45, 7) is 4.96. The van der Waals surface area contributed by atoms with Crippen molar-refractivity contribution in [3.8, 4) is 0 Å². The average molecular weight is 368 g/mol. The zero-order valence-corrected chi connectivity index (χ0v) is 15.5. The number of rotatable bonds is 5. The number of carbonyl (C=O) groups excluding carboxylic acids is 2. The van der Waals surface area contributed by atoms with Gasteiger partial charge in [-0.15, -0.1) is 0 Å². The summed E-state index contributed by atoms with van der Waals surface area (Å²) in [6, 6.07) is 17.0. The van der Waals surface area contributed by atoms with Crippen LogP contribution in [0.3, 0.4) is 0 Å². The Balaban J connectivity index is 1.52. The Labute approximate surface area is 159 Å². The van der Waals surface area contributed by atoms with E-state index in [-0.39, 0.29) is 18.7 Å². The van der Waals surface area contributed by atoms with Crippen LogP contribution in [-0.4, -0.2) is 49.7 Å². The Morgan fingerprint density at radius 2 is 1.67 bits per heavy atom. The second-order valence-electron chi connectivity index (χ2n) is 6.29. The van der Waals surface area contributed by atoms with E-state index in [9.17, 15) is 9.59 Å². The number of hydrogen-bond acceptors (Lipinski definition) is 5. The van der Waals surface area contributed by atoms with Crippen molar-refractivity contribution in [2.75, 3.05) is 37.7 Å². The molecule has 1 saturated heterocycles. The summed E-state index contributed by atoms with van der Waals surface area (Å²) in [7, 11) is 0. The van der Waals surface area contributed by atoms with Crippen LogP contribution < -0.4 is 4.90 Å². The minimum Gasteiger partial charge on any atom is -0.462 e. The molecule has 0 N–H and O–H groups in total. The number of carbonyl (C=O) groups is 2. The first-order valence-corrected chi connectivity index (χ1v) is 9.15. The standard InChI is InChI=1S/C21H24N2O4/c1-2-26-20(24)18-9-6-10-19(15-18)22-11-13-23(14-12-22)21(25)27-16-17-7-4-3-5-8-17/h3-10,15H,2,11-14,16H2,1H3. The Kier molecular flexibility index (Phi) is 6.30. The van der Waals surface area contributed by atoms with E-state index >= 15 is 0 Å². The summed E-state index contributed by atoms with van der Waals surface area (Å²) < 4.78 is 10.4. The molecule has 6 heteroatoms. The van der Waals surface area contributed by atoms with Crippen molar-refractivity contribution in [1.29, 1.82) is 0 Å². The molecule has 1 amide bonds. The van der Waals surface area contributed by atoms with Crippen molar-refractivity contribution in [1.82, 2.24) is 4.90 Å². The number of ether oxygens (including phenoxy) is 2. The van der Waals surface area contributed by atoms with Crippen LogP contribution >= 0.6 is 0 Å². The molecular weight excluding hydrogens is 344 g/mol. The molecule has 0 aliphatic carbocycles. The minimum atomic E-state index is -0.317. The molecule has 0 bridgehead atoms. The van der Waals surface area contributed by atoms with Gasteiger partial charge in [0.25, 0.3) is 0 Å². The van der Waals surface area contributed by atoms with E-state index in [0.29, 0.717) is 38.3 Å². The number of benzene rings is 2. The van der Waals surface area contributed by atoms with Crippen molar-refractivity contribution < 1.29 is 19.1 Å². The van der Waals surface area contributed by atoms with Crippen molar-refractivity contribution in [3.05, 3.63) is 65.7 Å². The molecule has 1 aliphatic rings. The van der Waals surface area contributed by atoms with Gasteiger partial charge in [0.2, 0.25) is 0 Å². The fraction of sp³-hybridized carbons (Fsp3) is 0.333.